The summed E-state index contributed by atoms with van der Waals surface area (Å²) in [6.07, 6.45) is 3.43. The summed E-state index contributed by atoms with van der Waals surface area (Å²) in [5.41, 5.74) is 7.65. The van der Waals surface area contributed by atoms with E-state index in [1.54, 1.807) is 14.0 Å². The summed E-state index contributed by atoms with van der Waals surface area (Å²) < 4.78 is 5.38. The third-order valence-corrected chi connectivity index (χ3v) is 4.04. The summed E-state index contributed by atoms with van der Waals surface area (Å²) in [5.74, 6) is 0.836. The van der Waals surface area contributed by atoms with E-state index in [2.05, 4.69) is 11.4 Å². The molecule has 1 amide bonds. The molecule has 1 aromatic rings. The molecule has 0 aromatic heterocycles. The third-order valence-electron chi connectivity index (χ3n) is 4.04. The van der Waals surface area contributed by atoms with Crippen LogP contribution in [0, 0.1) is 0 Å². The fraction of sp³-hybridized carbons (Fsp3) is 0.562. The summed E-state index contributed by atoms with van der Waals surface area (Å²) in [7, 11) is 1.68. The number of nitrogens with one attached hydrogen (secondary N) is 1. The van der Waals surface area contributed by atoms with Crippen LogP contribution in [0.25, 0.3) is 0 Å². The van der Waals surface area contributed by atoms with Crippen LogP contribution in [0.2, 0.25) is 0 Å². The first-order valence-corrected chi connectivity index (χ1v) is 7.25. The summed E-state index contributed by atoms with van der Waals surface area (Å²) in [5, 5.41) is 3.09. The molecule has 4 heteroatoms. The molecule has 2 unspecified atom stereocenters. The Morgan fingerprint density at radius 1 is 1.55 bits per heavy atom. The fourth-order valence-corrected chi connectivity index (χ4v) is 2.92. The van der Waals surface area contributed by atoms with Crippen LogP contribution >= 0.6 is 0 Å². The lowest BCUT2D eigenvalue weighted by Gasteiger charge is -2.25. The number of nitrogens with two attached hydrogens (primary N) is 1. The average molecular weight is 276 g/mol. The molecule has 0 radical (unpaired) electrons. The highest BCUT2D eigenvalue weighted by atomic mass is 16.5. The lowest BCUT2D eigenvalue weighted by Crippen LogP contribution is -2.52. The highest BCUT2D eigenvalue weighted by Gasteiger charge is 2.32. The molecular weight excluding hydrogens is 252 g/mol. The van der Waals surface area contributed by atoms with Gasteiger partial charge in [0.25, 0.3) is 0 Å². The lowest BCUT2D eigenvalue weighted by atomic mass is 9.95. The summed E-state index contributed by atoms with van der Waals surface area (Å²) >= 11 is 0. The van der Waals surface area contributed by atoms with Crippen molar-refractivity contribution in [1.29, 1.82) is 0 Å². The molecule has 4 nitrogen and oxygen atoms in total. The van der Waals surface area contributed by atoms with E-state index in [1.807, 2.05) is 19.1 Å². The van der Waals surface area contributed by atoms with E-state index in [9.17, 15) is 4.79 Å². The molecule has 0 saturated heterocycles. The Morgan fingerprint density at radius 2 is 2.30 bits per heavy atom. The molecule has 1 aliphatic rings. The highest BCUT2D eigenvalue weighted by Crippen LogP contribution is 2.36. The van der Waals surface area contributed by atoms with Gasteiger partial charge in [0.1, 0.15) is 5.75 Å². The monoisotopic (exact) mass is 276 g/mol. The number of rotatable bonds is 5. The van der Waals surface area contributed by atoms with Crippen molar-refractivity contribution in [3.8, 4) is 5.75 Å². The van der Waals surface area contributed by atoms with Gasteiger partial charge in [0.15, 0.2) is 0 Å². The molecule has 0 saturated carbocycles. The second-order valence-electron chi connectivity index (χ2n) is 5.76. The number of ether oxygens (including phenoxy) is 1. The number of methoxy groups -OCH3 is 1. The van der Waals surface area contributed by atoms with Gasteiger partial charge in [0, 0.05) is 0 Å². The van der Waals surface area contributed by atoms with Gasteiger partial charge in [-0.2, -0.15) is 0 Å². The van der Waals surface area contributed by atoms with E-state index in [1.165, 1.54) is 5.56 Å². The first kappa shape index (κ1) is 14.9. The number of benzene rings is 1. The first-order chi connectivity index (χ1) is 9.49. The summed E-state index contributed by atoms with van der Waals surface area (Å²) in [6, 6.07) is 6.04. The second-order valence-corrected chi connectivity index (χ2v) is 5.76. The van der Waals surface area contributed by atoms with E-state index in [4.69, 9.17) is 10.5 Å². The lowest BCUT2D eigenvalue weighted by molar-refractivity contribution is -0.126. The molecule has 0 bridgehead atoms. The van der Waals surface area contributed by atoms with Gasteiger partial charge in [0.2, 0.25) is 5.91 Å². The van der Waals surface area contributed by atoms with Crippen LogP contribution in [0.15, 0.2) is 18.2 Å². The number of carbonyl (C=O) groups is 1. The fourth-order valence-electron chi connectivity index (χ4n) is 2.92. The van der Waals surface area contributed by atoms with Crippen molar-refractivity contribution >= 4 is 5.91 Å². The van der Waals surface area contributed by atoms with Crippen molar-refractivity contribution < 1.29 is 9.53 Å². The molecule has 1 aliphatic carbocycles. The minimum absolute atomic E-state index is 0.0485. The molecule has 20 heavy (non-hydrogen) atoms. The Bertz CT molecular complexity index is 497. The van der Waals surface area contributed by atoms with Crippen LogP contribution in [-0.2, 0) is 11.2 Å². The van der Waals surface area contributed by atoms with Crippen molar-refractivity contribution in [1.82, 2.24) is 5.32 Å². The van der Waals surface area contributed by atoms with Crippen LogP contribution in [0.5, 0.6) is 5.75 Å². The van der Waals surface area contributed by atoms with E-state index in [-0.39, 0.29) is 11.9 Å². The van der Waals surface area contributed by atoms with Gasteiger partial charge in [-0.3, -0.25) is 4.79 Å². The quantitative estimate of drug-likeness (QED) is 0.867. The van der Waals surface area contributed by atoms with Crippen LogP contribution in [0.4, 0.5) is 0 Å². The third kappa shape index (κ3) is 2.80. The van der Waals surface area contributed by atoms with Gasteiger partial charge < -0.3 is 15.8 Å². The zero-order chi connectivity index (χ0) is 14.8. The van der Waals surface area contributed by atoms with Crippen molar-refractivity contribution in [2.45, 2.75) is 51.1 Å². The Hall–Kier alpha value is -1.55. The number of fused-ring (bicyclic) bond motifs is 1. The number of amides is 1. The van der Waals surface area contributed by atoms with Gasteiger partial charge in [-0.05, 0) is 43.4 Å². The molecular formula is C16H24N2O2. The van der Waals surface area contributed by atoms with Crippen molar-refractivity contribution in [2.75, 3.05) is 7.11 Å². The Labute approximate surface area is 120 Å². The topological polar surface area (TPSA) is 64.4 Å². The minimum Gasteiger partial charge on any atom is -0.496 e. The van der Waals surface area contributed by atoms with Gasteiger partial charge >= 0.3 is 0 Å². The van der Waals surface area contributed by atoms with Crippen molar-refractivity contribution in [2.24, 2.45) is 5.73 Å². The number of hydrogen-bond acceptors (Lipinski definition) is 3. The van der Waals surface area contributed by atoms with Gasteiger partial charge in [0.05, 0.1) is 18.7 Å². The summed E-state index contributed by atoms with van der Waals surface area (Å²) in [6.45, 7) is 3.83. The van der Waals surface area contributed by atoms with Crippen LogP contribution in [-0.4, -0.2) is 18.6 Å². The predicted molar refractivity (Wildman–Crippen MR) is 79.7 cm³/mol. The Morgan fingerprint density at radius 3 is 2.95 bits per heavy atom. The highest BCUT2D eigenvalue weighted by molar-refractivity contribution is 5.86. The molecule has 0 spiro atoms. The largest absolute Gasteiger partial charge is 0.496 e. The maximum atomic E-state index is 12.3. The van der Waals surface area contributed by atoms with Crippen LogP contribution < -0.4 is 15.8 Å². The first-order valence-electron chi connectivity index (χ1n) is 7.25. The minimum atomic E-state index is -0.795. The second kappa shape index (κ2) is 5.83. The van der Waals surface area contributed by atoms with Crippen LogP contribution in [0.1, 0.15) is 50.3 Å². The molecule has 2 rings (SSSR count). The molecule has 2 atom stereocenters. The van der Waals surface area contributed by atoms with Crippen molar-refractivity contribution in [3.05, 3.63) is 29.3 Å². The van der Waals surface area contributed by atoms with Crippen LogP contribution in [0.3, 0.4) is 0 Å². The predicted octanol–water partition coefficient (Wildman–Crippen LogP) is 2.32. The average Bonchev–Trinajstić information content (AvgIpc) is 2.82. The summed E-state index contributed by atoms with van der Waals surface area (Å²) in [4.78, 5) is 12.3. The van der Waals surface area contributed by atoms with E-state index in [0.29, 0.717) is 6.42 Å². The molecule has 0 fully saturated rings. The molecule has 1 aromatic carbocycles. The van der Waals surface area contributed by atoms with Crippen molar-refractivity contribution in [3.63, 3.8) is 0 Å². The normalized spacial score (nSPS) is 20.1. The van der Waals surface area contributed by atoms with Gasteiger partial charge in [-0.1, -0.05) is 25.5 Å². The molecule has 110 valence electrons. The Balaban J connectivity index is 2.13. The molecule has 3 N–H and O–H groups in total. The molecule has 0 aliphatic heterocycles. The van der Waals surface area contributed by atoms with E-state index in [0.717, 1.165) is 30.6 Å². The van der Waals surface area contributed by atoms with E-state index < -0.39 is 5.54 Å². The zero-order valence-corrected chi connectivity index (χ0v) is 12.5. The number of hydrogen-bond donors (Lipinski definition) is 2. The smallest absolute Gasteiger partial charge is 0.240 e. The molecule has 0 heterocycles. The zero-order valence-electron chi connectivity index (χ0n) is 12.5. The van der Waals surface area contributed by atoms with Gasteiger partial charge in [-0.15, -0.1) is 0 Å². The maximum Gasteiger partial charge on any atom is 0.240 e. The Kier molecular flexibility index (Phi) is 4.33. The maximum absolute atomic E-state index is 12.3. The SMILES string of the molecule is CCCC(C)(N)C(=O)NC1CCc2c(OC)cccc21. The standard InChI is InChI=1S/C16H24N2O2/c1-4-10-16(2,17)15(19)18-13-9-8-12-11(13)6-5-7-14(12)20-3/h5-7,13H,4,8-10,17H2,1-3H3,(H,18,19). The van der Waals surface area contributed by atoms with Gasteiger partial charge in [-0.25, -0.2) is 0 Å². The van der Waals surface area contributed by atoms with E-state index >= 15 is 0 Å². The number of carbonyl (C=O) groups excluding carboxylic acids is 1.